The maximum absolute atomic E-state index is 11.9. The number of aliphatic hydroxyl groups is 2. The largest absolute Gasteiger partial charge is 0.481 e. The number of nitrogens with two attached hydrogens (primary N) is 1. The minimum atomic E-state index is -1.61. The van der Waals surface area contributed by atoms with Crippen molar-refractivity contribution in [3.05, 3.63) is 11.8 Å². The smallest absolute Gasteiger partial charge is 0.328 e. The molecule has 1 aromatic rings. The lowest BCUT2D eigenvalue weighted by molar-refractivity contribution is -0.142. The van der Waals surface area contributed by atoms with Gasteiger partial charge in [0.15, 0.2) is 6.04 Å². The SMILES string of the molecule is CC(O)C(NC(=O)NC(CC(=O)O)c1nnc(C(N)CO)o1)C(=O)O. The van der Waals surface area contributed by atoms with Crippen LogP contribution in [0.4, 0.5) is 4.79 Å². The van der Waals surface area contributed by atoms with Crippen LogP contribution in [0.1, 0.15) is 37.2 Å². The summed E-state index contributed by atoms with van der Waals surface area (Å²) in [5.74, 6) is -3.24. The molecule has 1 aromatic heterocycles. The number of aliphatic carboxylic acids is 2. The van der Waals surface area contributed by atoms with Crippen molar-refractivity contribution in [3.8, 4) is 0 Å². The van der Waals surface area contributed by atoms with E-state index in [9.17, 15) is 19.5 Å². The van der Waals surface area contributed by atoms with Crippen LogP contribution in [-0.4, -0.2) is 67.3 Å². The number of carboxylic acids is 2. The molecular weight excluding hydrogens is 342 g/mol. The fourth-order valence-electron chi connectivity index (χ4n) is 1.72. The molecule has 140 valence electrons. The molecule has 0 saturated heterocycles. The summed E-state index contributed by atoms with van der Waals surface area (Å²) in [6, 6.07) is -4.93. The normalized spacial score (nSPS) is 15.7. The number of hydrogen-bond acceptors (Lipinski definition) is 9. The molecule has 0 bridgehead atoms. The van der Waals surface area contributed by atoms with E-state index in [1.165, 1.54) is 0 Å². The second kappa shape index (κ2) is 8.91. The molecule has 0 aliphatic rings. The van der Waals surface area contributed by atoms with Crippen molar-refractivity contribution >= 4 is 18.0 Å². The Morgan fingerprint density at radius 2 is 1.80 bits per heavy atom. The van der Waals surface area contributed by atoms with Gasteiger partial charge < -0.3 is 41.2 Å². The van der Waals surface area contributed by atoms with E-state index in [0.717, 1.165) is 6.92 Å². The average Bonchev–Trinajstić information content (AvgIpc) is 3.00. The summed E-state index contributed by atoms with van der Waals surface area (Å²) in [5, 5.41) is 47.3. The molecule has 1 heterocycles. The molecule has 0 saturated carbocycles. The summed E-state index contributed by atoms with van der Waals surface area (Å²) in [5.41, 5.74) is 5.49. The van der Waals surface area contributed by atoms with E-state index in [4.69, 9.17) is 25.5 Å². The van der Waals surface area contributed by atoms with E-state index in [0.29, 0.717) is 0 Å². The van der Waals surface area contributed by atoms with Crippen molar-refractivity contribution < 1.29 is 39.2 Å². The summed E-state index contributed by atoms with van der Waals surface area (Å²) in [6.45, 7) is 0.669. The number of rotatable bonds is 9. The average molecular weight is 361 g/mol. The van der Waals surface area contributed by atoms with Gasteiger partial charge in [0.2, 0.25) is 11.8 Å². The molecule has 2 amide bonds. The van der Waals surface area contributed by atoms with Crippen LogP contribution in [0.25, 0.3) is 0 Å². The van der Waals surface area contributed by atoms with Crippen LogP contribution < -0.4 is 16.4 Å². The van der Waals surface area contributed by atoms with E-state index < -0.39 is 55.2 Å². The molecule has 0 spiro atoms. The number of aliphatic hydroxyl groups excluding tert-OH is 2. The van der Waals surface area contributed by atoms with Gasteiger partial charge in [0, 0.05) is 0 Å². The highest BCUT2D eigenvalue weighted by molar-refractivity contribution is 5.83. The van der Waals surface area contributed by atoms with E-state index in [-0.39, 0.29) is 11.8 Å². The summed E-state index contributed by atoms with van der Waals surface area (Å²) in [6.07, 6.45) is -2.03. The number of nitrogens with zero attached hydrogens (tertiary/aromatic N) is 2. The van der Waals surface area contributed by atoms with Crippen LogP contribution in [0, 0.1) is 0 Å². The molecule has 25 heavy (non-hydrogen) atoms. The highest BCUT2D eigenvalue weighted by atomic mass is 16.4. The van der Waals surface area contributed by atoms with Crippen molar-refractivity contribution in [3.63, 3.8) is 0 Å². The van der Waals surface area contributed by atoms with Gasteiger partial charge in [-0.05, 0) is 6.92 Å². The fourth-order valence-corrected chi connectivity index (χ4v) is 1.72. The zero-order valence-corrected chi connectivity index (χ0v) is 13.1. The minimum absolute atomic E-state index is 0.164. The number of hydrogen-bond donors (Lipinski definition) is 7. The number of carboxylic acid groups (broad SMARTS) is 2. The first-order valence-electron chi connectivity index (χ1n) is 7.05. The van der Waals surface area contributed by atoms with E-state index >= 15 is 0 Å². The molecule has 4 unspecified atom stereocenters. The molecule has 0 fully saturated rings. The zero-order valence-electron chi connectivity index (χ0n) is 13.1. The van der Waals surface area contributed by atoms with Gasteiger partial charge in [-0.25, -0.2) is 9.59 Å². The molecule has 13 heteroatoms. The Bertz CT molecular complexity index is 618. The van der Waals surface area contributed by atoms with Crippen molar-refractivity contribution in [2.75, 3.05) is 6.61 Å². The van der Waals surface area contributed by atoms with Gasteiger partial charge in [0.1, 0.15) is 12.1 Å². The van der Waals surface area contributed by atoms with Gasteiger partial charge in [-0.1, -0.05) is 0 Å². The first-order valence-corrected chi connectivity index (χ1v) is 7.05. The van der Waals surface area contributed by atoms with Crippen molar-refractivity contribution in [2.45, 2.75) is 37.6 Å². The van der Waals surface area contributed by atoms with E-state index in [2.05, 4.69) is 15.5 Å². The highest BCUT2D eigenvalue weighted by Gasteiger charge is 2.29. The first-order chi connectivity index (χ1) is 11.6. The summed E-state index contributed by atoms with van der Waals surface area (Å²) < 4.78 is 5.12. The monoisotopic (exact) mass is 361 g/mol. The van der Waals surface area contributed by atoms with Gasteiger partial charge in [0.05, 0.1) is 19.1 Å². The van der Waals surface area contributed by atoms with Crippen molar-refractivity contribution in [2.24, 2.45) is 5.73 Å². The predicted octanol–water partition coefficient (Wildman–Crippen LogP) is -2.29. The van der Waals surface area contributed by atoms with Gasteiger partial charge in [-0.15, -0.1) is 10.2 Å². The number of aromatic nitrogens is 2. The quantitative estimate of drug-likeness (QED) is 0.248. The van der Waals surface area contributed by atoms with E-state index in [1.807, 2.05) is 5.32 Å². The number of amides is 2. The molecular formula is C12H19N5O8. The Hall–Kier alpha value is -2.77. The van der Waals surface area contributed by atoms with Gasteiger partial charge in [0.25, 0.3) is 0 Å². The van der Waals surface area contributed by atoms with Crippen molar-refractivity contribution in [1.82, 2.24) is 20.8 Å². The maximum atomic E-state index is 11.9. The molecule has 4 atom stereocenters. The maximum Gasteiger partial charge on any atom is 0.328 e. The van der Waals surface area contributed by atoms with Crippen LogP contribution in [-0.2, 0) is 9.59 Å². The molecule has 0 aliphatic heterocycles. The Balaban J connectivity index is 2.89. The lowest BCUT2D eigenvalue weighted by Gasteiger charge is -2.19. The summed E-state index contributed by atoms with van der Waals surface area (Å²) in [7, 11) is 0. The third kappa shape index (κ3) is 5.98. The zero-order chi connectivity index (χ0) is 19.1. The van der Waals surface area contributed by atoms with Gasteiger partial charge in [-0.2, -0.15) is 0 Å². The van der Waals surface area contributed by atoms with Crippen LogP contribution in [0.3, 0.4) is 0 Å². The second-order valence-corrected chi connectivity index (χ2v) is 5.09. The number of urea groups is 1. The Labute approximate surface area is 140 Å². The highest BCUT2D eigenvalue weighted by Crippen LogP contribution is 2.18. The summed E-state index contributed by atoms with van der Waals surface area (Å²) >= 11 is 0. The lowest BCUT2D eigenvalue weighted by Crippen LogP contribution is -2.51. The molecule has 0 aromatic carbocycles. The summed E-state index contributed by atoms with van der Waals surface area (Å²) in [4.78, 5) is 33.8. The molecule has 0 aliphatic carbocycles. The molecule has 0 radical (unpaired) electrons. The van der Waals surface area contributed by atoms with Gasteiger partial charge in [-0.3, -0.25) is 4.79 Å². The number of carbonyl (C=O) groups is 3. The Kier molecular flexibility index (Phi) is 7.22. The topological polar surface area (TPSA) is 221 Å². The van der Waals surface area contributed by atoms with Crippen LogP contribution in [0.15, 0.2) is 4.42 Å². The van der Waals surface area contributed by atoms with Gasteiger partial charge >= 0.3 is 18.0 Å². The molecule has 8 N–H and O–H groups in total. The Morgan fingerprint density at radius 3 is 2.28 bits per heavy atom. The Morgan fingerprint density at radius 1 is 1.20 bits per heavy atom. The minimum Gasteiger partial charge on any atom is -0.481 e. The predicted molar refractivity (Wildman–Crippen MR) is 78.1 cm³/mol. The third-order valence-corrected chi connectivity index (χ3v) is 2.99. The van der Waals surface area contributed by atoms with Crippen LogP contribution >= 0.6 is 0 Å². The van der Waals surface area contributed by atoms with Crippen LogP contribution in [0.2, 0.25) is 0 Å². The molecule has 1 rings (SSSR count). The number of nitrogens with one attached hydrogen (secondary N) is 2. The molecule has 13 nitrogen and oxygen atoms in total. The number of carbonyl (C=O) groups excluding carboxylic acids is 1. The van der Waals surface area contributed by atoms with Crippen molar-refractivity contribution in [1.29, 1.82) is 0 Å². The fraction of sp³-hybridized carbons (Fsp3) is 0.583. The van der Waals surface area contributed by atoms with Crippen LogP contribution in [0.5, 0.6) is 0 Å². The standard InChI is InChI=1S/C12H19N5O8/c1-4(19)8(11(22)23)15-12(24)14-6(2-7(20)21)10-17-16-9(25-10)5(13)3-18/h4-6,8,18-19H,2-3,13H2,1H3,(H,20,21)(H,22,23)(H2,14,15,24). The second-order valence-electron chi connectivity index (χ2n) is 5.09. The third-order valence-electron chi connectivity index (χ3n) is 2.99. The first kappa shape index (κ1) is 20.3. The van der Waals surface area contributed by atoms with E-state index in [1.54, 1.807) is 0 Å². The lowest BCUT2D eigenvalue weighted by atomic mass is 10.2.